The average molecular weight is 492 g/mol. The maximum Gasteiger partial charge on any atom is 0.353 e. The van der Waals surface area contributed by atoms with Gasteiger partial charge in [-0.2, -0.15) is 0 Å². The first-order valence-corrected chi connectivity index (χ1v) is 11.2. The number of hydrogen-bond donors (Lipinski definition) is 3. The fourth-order valence-corrected chi connectivity index (χ4v) is 5.04. The molecule has 0 aliphatic carbocycles. The number of fused-ring (bicyclic) bond motifs is 1. The first kappa shape index (κ1) is 22.4. The summed E-state index contributed by atoms with van der Waals surface area (Å²) in [6, 6.07) is -1.44. The number of aliphatic carboxylic acids is 1. The second-order valence-corrected chi connectivity index (χ2v) is 8.63. The molecule has 2 aliphatic rings. The van der Waals surface area contributed by atoms with E-state index in [2.05, 4.69) is 31.0 Å². The second-order valence-electron chi connectivity index (χ2n) is 6.68. The van der Waals surface area contributed by atoms with E-state index in [9.17, 15) is 19.5 Å². The Bertz CT molecular complexity index is 1170. The molecule has 2 atom stereocenters. The molecule has 172 valence electrons. The van der Waals surface area contributed by atoms with Gasteiger partial charge in [0, 0.05) is 16.0 Å². The Morgan fingerprint density at radius 1 is 1.48 bits per heavy atom. The normalized spacial score (nSPS) is 20.6. The van der Waals surface area contributed by atoms with Gasteiger partial charge in [-0.05, 0) is 16.5 Å². The molecule has 4 N–H and O–H groups in total. The van der Waals surface area contributed by atoms with Crippen LogP contribution < -0.4 is 11.1 Å². The molecule has 4 heterocycles. The van der Waals surface area contributed by atoms with E-state index >= 15 is 0 Å². The maximum atomic E-state index is 12.8. The Labute approximate surface area is 194 Å². The summed E-state index contributed by atoms with van der Waals surface area (Å²) in [5.74, 6) is -2.07. The van der Waals surface area contributed by atoms with Gasteiger partial charge in [0.05, 0.1) is 12.6 Å². The molecule has 1 saturated heterocycles. The summed E-state index contributed by atoms with van der Waals surface area (Å²) in [6.07, 6.45) is 4.73. The number of rotatable bonds is 8. The molecule has 0 spiro atoms. The van der Waals surface area contributed by atoms with Crippen LogP contribution in [0.4, 0.5) is 5.13 Å². The number of nitrogen functional groups attached to an aromatic ring is 1. The minimum atomic E-state index is -1.24. The molecular formula is C17H17N9O5S2. The summed E-state index contributed by atoms with van der Waals surface area (Å²) in [4.78, 5) is 47.9. The number of carbonyl (C=O) groups excluding carboxylic acids is 2. The highest BCUT2D eigenvalue weighted by atomic mass is 32.2. The molecule has 2 aliphatic heterocycles. The first-order chi connectivity index (χ1) is 15.9. The maximum absolute atomic E-state index is 12.8. The van der Waals surface area contributed by atoms with Crippen molar-refractivity contribution in [2.75, 3.05) is 18.6 Å². The highest BCUT2D eigenvalue weighted by molar-refractivity contribution is 8.03. The molecule has 16 heteroatoms. The Kier molecular flexibility index (Phi) is 6.36. The molecule has 2 aromatic rings. The zero-order valence-electron chi connectivity index (χ0n) is 17.0. The summed E-state index contributed by atoms with van der Waals surface area (Å²) < 4.78 is 1.46. The predicted molar refractivity (Wildman–Crippen MR) is 117 cm³/mol. The standard InChI is InChI=1S/C17H17N9O5S2/c1-31-22-11(8-5-33-17(18)20-8)14(27)21-12-9-6-32-10(3-2-4-25-7-19-23-24-25)13(16(29)30)26(9)15(12)28/h2-3,5,7,9,12H,4,6H2,1H3,(H2,18,20)(H,21,27)(H,29,30)/t9-,12+/m1/s1. The highest BCUT2D eigenvalue weighted by Gasteiger charge is 2.53. The monoisotopic (exact) mass is 491 g/mol. The molecule has 0 radical (unpaired) electrons. The second kappa shape index (κ2) is 9.37. The number of β-lactam (4-membered cyclic amide) rings is 1. The number of carboxylic acids is 1. The highest BCUT2D eigenvalue weighted by Crippen LogP contribution is 2.39. The number of thiazole rings is 1. The fraction of sp³-hybridized carbons (Fsp3) is 0.294. The average Bonchev–Trinajstić information content (AvgIpc) is 3.46. The van der Waals surface area contributed by atoms with Crippen LogP contribution >= 0.6 is 23.1 Å². The minimum absolute atomic E-state index is 0.139. The Morgan fingerprint density at radius 3 is 2.94 bits per heavy atom. The number of nitrogens with zero attached hydrogens (tertiary/aromatic N) is 7. The summed E-state index contributed by atoms with van der Waals surface area (Å²) in [6.45, 7) is 0.336. The van der Waals surface area contributed by atoms with Gasteiger partial charge < -0.3 is 21.0 Å². The summed E-state index contributed by atoms with van der Waals surface area (Å²) in [5, 5.41) is 28.6. The van der Waals surface area contributed by atoms with Gasteiger partial charge in [-0.1, -0.05) is 11.2 Å². The Morgan fingerprint density at radius 2 is 2.30 bits per heavy atom. The third kappa shape index (κ3) is 4.42. The first-order valence-electron chi connectivity index (χ1n) is 9.34. The number of tetrazole rings is 1. The molecule has 2 amide bonds. The van der Waals surface area contributed by atoms with Crippen molar-refractivity contribution in [2.45, 2.75) is 18.6 Å². The van der Waals surface area contributed by atoms with Crippen molar-refractivity contribution in [1.82, 2.24) is 35.4 Å². The van der Waals surface area contributed by atoms with E-state index in [4.69, 9.17) is 10.6 Å². The summed E-state index contributed by atoms with van der Waals surface area (Å²) in [5.41, 5.74) is 5.55. The van der Waals surface area contributed by atoms with Gasteiger partial charge in [0.15, 0.2) is 10.8 Å². The van der Waals surface area contributed by atoms with E-state index in [0.717, 1.165) is 11.3 Å². The quantitative estimate of drug-likeness (QED) is 0.234. The third-order valence-corrected chi connectivity index (χ3v) is 6.53. The van der Waals surface area contributed by atoms with Crippen LogP contribution in [0.15, 0.2) is 39.6 Å². The van der Waals surface area contributed by atoms with Crippen LogP contribution in [0.5, 0.6) is 0 Å². The van der Waals surface area contributed by atoms with Crippen molar-refractivity contribution in [3.63, 3.8) is 0 Å². The van der Waals surface area contributed by atoms with E-state index in [0.29, 0.717) is 17.2 Å². The lowest BCUT2D eigenvalue weighted by molar-refractivity contribution is -0.153. The van der Waals surface area contributed by atoms with E-state index < -0.39 is 29.9 Å². The van der Waals surface area contributed by atoms with Crippen LogP contribution in [0.2, 0.25) is 0 Å². The predicted octanol–water partition coefficient (Wildman–Crippen LogP) is -0.943. The molecule has 14 nitrogen and oxygen atoms in total. The largest absolute Gasteiger partial charge is 0.477 e. The minimum Gasteiger partial charge on any atom is -0.477 e. The van der Waals surface area contributed by atoms with E-state index in [1.807, 2.05) is 0 Å². The van der Waals surface area contributed by atoms with Gasteiger partial charge in [-0.25, -0.2) is 14.5 Å². The van der Waals surface area contributed by atoms with Crippen LogP contribution in [-0.2, 0) is 25.8 Å². The molecule has 1 fully saturated rings. The van der Waals surface area contributed by atoms with Crippen molar-refractivity contribution in [1.29, 1.82) is 0 Å². The SMILES string of the molecule is CON=C(C(=O)N[C@@H]1C(=O)N2C(C(=O)O)=C(C=CCn3cnnn3)SC[C@H]12)c1csc(N)n1. The van der Waals surface area contributed by atoms with Crippen molar-refractivity contribution >= 4 is 51.7 Å². The van der Waals surface area contributed by atoms with Gasteiger partial charge >= 0.3 is 5.97 Å². The van der Waals surface area contributed by atoms with Gasteiger partial charge in [-0.15, -0.1) is 28.2 Å². The van der Waals surface area contributed by atoms with Crippen LogP contribution in [-0.4, -0.2) is 83.6 Å². The van der Waals surface area contributed by atoms with Crippen LogP contribution in [0, 0.1) is 0 Å². The molecule has 0 saturated carbocycles. The van der Waals surface area contributed by atoms with E-state index in [1.165, 1.54) is 40.2 Å². The number of carbonyl (C=O) groups is 3. The number of hydrogen-bond acceptors (Lipinski definition) is 12. The molecule has 33 heavy (non-hydrogen) atoms. The lowest BCUT2D eigenvalue weighted by Gasteiger charge is -2.49. The number of anilines is 1. The zero-order chi connectivity index (χ0) is 23.5. The molecule has 0 unspecified atom stereocenters. The van der Waals surface area contributed by atoms with Gasteiger partial charge in [0.1, 0.15) is 30.9 Å². The number of carboxylic acid groups (broad SMARTS) is 1. The number of oxime groups is 1. The molecule has 2 aromatic heterocycles. The van der Waals surface area contributed by atoms with Crippen molar-refractivity contribution < 1.29 is 24.3 Å². The van der Waals surface area contributed by atoms with E-state index in [1.54, 1.807) is 12.2 Å². The van der Waals surface area contributed by atoms with Crippen LogP contribution in [0.3, 0.4) is 0 Å². The number of aromatic nitrogens is 5. The molecule has 0 bridgehead atoms. The topological polar surface area (TPSA) is 191 Å². The van der Waals surface area contributed by atoms with Gasteiger partial charge in [0.25, 0.3) is 11.8 Å². The van der Waals surface area contributed by atoms with Crippen molar-refractivity contribution in [3.05, 3.63) is 40.2 Å². The lowest BCUT2D eigenvalue weighted by atomic mass is 9.94. The summed E-state index contributed by atoms with van der Waals surface area (Å²) >= 11 is 2.40. The Balaban J connectivity index is 1.49. The van der Waals surface area contributed by atoms with Gasteiger partial charge in [-0.3, -0.25) is 14.5 Å². The molecule has 4 rings (SSSR count). The van der Waals surface area contributed by atoms with Gasteiger partial charge in [0.2, 0.25) is 0 Å². The fourth-order valence-electron chi connectivity index (χ4n) is 3.28. The Hall–Kier alpha value is -3.79. The molecule has 0 aromatic carbocycles. The van der Waals surface area contributed by atoms with Crippen LogP contribution in [0.25, 0.3) is 0 Å². The lowest BCUT2D eigenvalue weighted by Crippen LogP contribution is -2.73. The number of amides is 2. The smallest absolute Gasteiger partial charge is 0.353 e. The van der Waals surface area contributed by atoms with Crippen molar-refractivity contribution in [2.24, 2.45) is 5.16 Å². The van der Waals surface area contributed by atoms with E-state index in [-0.39, 0.29) is 22.2 Å². The molecular weight excluding hydrogens is 474 g/mol. The summed E-state index contributed by atoms with van der Waals surface area (Å²) in [7, 11) is 1.27. The number of nitrogens with two attached hydrogens (primary N) is 1. The third-order valence-electron chi connectivity index (χ3n) is 4.71. The number of nitrogens with one attached hydrogen (secondary N) is 1. The van der Waals surface area contributed by atoms with Crippen LogP contribution in [0.1, 0.15) is 5.69 Å². The number of allylic oxidation sites excluding steroid dienone is 2. The zero-order valence-corrected chi connectivity index (χ0v) is 18.6. The number of thioether (sulfide) groups is 1. The van der Waals surface area contributed by atoms with Crippen molar-refractivity contribution in [3.8, 4) is 0 Å².